The largest absolute Gasteiger partial charge is 0.480 e. The SMILES string of the molecule is CC(Nc1c(N)ccc2ccccc12)C(=O)O. The van der Waals surface area contributed by atoms with Crippen LogP contribution in [0.3, 0.4) is 0 Å². The Bertz CT molecular complexity index is 566. The molecule has 0 aromatic heterocycles. The number of aliphatic carboxylic acids is 1. The van der Waals surface area contributed by atoms with Gasteiger partial charge in [0, 0.05) is 5.39 Å². The van der Waals surface area contributed by atoms with E-state index in [2.05, 4.69) is 5.32 Å². The predicted molar refractivity (Wildman–Crippen MR) is 69.1 cm³/mol. The zero-order valence-electron chi connectivity index (χ0n) is 9.47. The van der Waals surface area contributed by atoms with Gasteiger partial charge >= 0.3 is 5.97 Å². The molecule has 0 radical (unpaired) electrons. The van der Waals surface area contributed by atoms with Crippen LogP contribution in [-0.2, 0) is 4.79 Å². The second kappa shape index (κ2) is 4.33. The first-order valence-corrected chi connectivity index (χ1v) is 5.36. The van der Waals surface area contributed by atoms with Crippen LogP contribution in [0.25, 0.3) is 10.8 Å². The highest BCUT2D eigenvalue weighted by molar-refractivity contribution is 6.00. The fraction of sp³-hybridized carbons (Fsp3) is 0.154. The Morgan fingerprint density at radius 2 is 2.00 bits per heavy atom. The summed E-state index contributed by atoms with van der Waals surface area (Å²) in [6, 6.07) is 10.7. The molecule has 2 aromatic rings. The van der Waals surface area contributed by atoms with Crippen molar-refractivity contribution in [1.29, 1.82) is 0 Å². The van der Waals surface area contributed by atoms with Crippen LogP contribution in [0.4, 0.5) is 11.4 Å². The second-order valence-electron chi connectivity index (χ2n) is 3.96. The van der Waals surface area contributed by atoms with Gasteiger partial charge in [-0.2, -0.15) is 0 Å². The third kappa shape index (κ3) is 2.15. The normalized spacial score (nSPS) is 12.3. The maximum absolute atomic E-state index is 10.8. The van der Waals surface area contributed by atoms with Gasteiger partial charge in [0.1, 0.15) is 6.04 Å². The summed E-state index contributed by atoms with van der Waals surface area (Å²) in [5.74, 6) is -0.905. The summed E-state index contributed by atoms with van der Waals surface area (Å²) in [5.41, 5.74) is 7.11. The number of nitrogens with two attached hydrogens (primary N) is 1. The quantitative estimate of drug-likeness (QED) is 0.707. The predicted octanol–water partition coefficient (Wildman–Crippen LogP) is 2.31. The number of nitrogens with one attached hydrogen (secondary N) is 1. The average Bonchev–Trinajstić information content (AvgIpc) is 2.32. The fourth-order valence-electron chi connectivity index (χ4n) is 1.73. The first kappa shape index (κ1) is 11.3. The van der Waals surface area contributed by atoms with Crippen LogP contribution >= 0.6 is 0 Å². The minimum absolute atomic E-state index is 0.553. The summed E-state index contributed by atoms with van der Waals surface area (Å²) >= 11 is 0. The molecular formula is C13H14N2O2. The van der Waals surface area contributed by atoms with Crippen LogP contribution in [0.1, 0.15) is 6.92 Å². The van der Waals surface area contributed by atoms with Crippen molar-refractivity contribution in [2.45, 2.75) is 13.0 Å². The lowest BCUT2D eigenvalue weighted by molar-refractivity contribution is -0.137. The van der Waals surface area contributed by atoms with Gasteiger partial charge in [-0.15, -0.1) is 0 Å². The third-order valence-electron chi connectivity index (χ3n) is 2.69. The lowest BCUT2D eigenvalue weighted by Crippen LogP contribution is -2.25. The minimum atomic E-state index is -0.905. The van der Waals surface area contributed by atoms with E-state index in [-0.39, 0.29) is 0 Å². The Hall–Kier alpha value is -2.23. The summed E-state index contributed by atoms with van der Waals surface area (Å²) in [6.45, 7) is 1.59. The van der Waals surface area contributed by atoms with Crippen LogP contribution in [0.2, 0.25) is 0 Å². The maximum Gasteiger partial charge on any atom is 0.325 e. The molecule has 4 N–H and O–H groups in total. The molecular weight excluding hydrogens is 216 g/mol. The molecule has 0 aliphatic heterocycles. The molecule has 2 aromatic carbocycles. The maximum atomic E-state index is 10.8. The molecule has 4 heteroatoms. The number of carboxylic acid groups (broad SMARTS) is 1. The van der Waals surface area contributed by atoms with E-state index in [4.69, 9.17) is 10.8 Å². The summed E-state index contributed by atoms with van der Waals surface area (Å²) < 4.78 is 0. The number of anilines is 2. The Morgan fingerprint density at radius 3 is 2.71 bits per heavy atom. The van der Waals surface area contributed by atoms with Crippen molar-refractivity contribution in [2.75, 3.05) is 11.1 Å². The summed E-state index contributed by atoms with van der Waals surface area (Å²) in [6.07, 6.45) is 0. The molecule has 0 fully saturated rings. The van der Waals surface area contributed by atoms with Crippen molar-refractivity contribution in [2.24, 2.45) is 0 Å². The second-order valence-corrected chi connectivity index (χ2v) is 3.96. The number of benzene rings is 2. The van der Waals surface area contributed by atoms with Gasteiger partial charge in [0.2, 0.25) is 0 Å². The first-order chi connectivity index (χ1) is 8.09. The fourth-order valence-corrected chi connectivity index (χ4v) is 1.73. The van der Waals surface area contributed by atoms with Gasteiger partial charge < -0.3 is 16.2 Å². The molecule has 2 rings (SSSR count). The molecule has 0 heterocycles. The summed E-state index contributed by atoms with van der Waals surface area (Å²) in [5, 5.41) is 13.8. The van der Waals surface area contributed by atoms with E-state index >= 15 is 0 Å². The van der Waals surface area contributed by atoms with Crippen molar-refractivity contribution in [3.8, 4) is 0 Å². The Balaban J connectivity index is 2.51. The summed E-state index contributed by atoms with van der Waals surface area (Å²) in [7, 11) is 0. The molecule has 0 spiro atoms. The molecule has 17 heavy (non-hydrogen) atoms. The molecule has 4 nitrogen and oxygen atoms in total. The first-order valence-electron chi connectivity index (χ1n) is 5.36. The Labute approximate surface area is 99.1 Å². The van der Waals surface area contributed by atoms with Crippen molar-refractivity contribution in [1.82, 2.24) is 0 Å². The van der Waals surface area contributed by atoms with E-state index in [0.717, 1.165) is 10.8 Å². The van der Waals surface area contributed by atoms with Crippen molar-refractivity contribution < 1.29 is 9.90 Å². The van der Waals surface area contributed by atoms with Gasteiger partial charge in [0.05, 0.1) is 11.4 Å². The molecule has 0 saturated carbocycles. The monoisotopic (exact) mass is 230 g/mol. The van der Waals surface area contributed by atoms with Gasteiger partial charge in [0.25, 0.3) is 0 Å². The van der Waals surface area contributed by atoms with E-state index in [1.807, 2.05) is 30.3 Å². The number of carbonyl (C=O) groups is 1. The number of carboxylic acids is 1. The number of fused-ring (bicyclic) bond motifs is 1. The zero-order valence-corrected chi connectivity index (χ0v) is 9.47. The average molecular weight is 230 g/mol. The van der Waals surface area contributed by atoms with Crippen LogP contribution in [0.5, 0.6) is 0 Å². The molecule has 1 unspecified atom stereocenters. The molecule has 0 saturated heterocycles. The highest BCUT2D eigenvalue weighted by Gasteiger charge is 2.13. The smallest absolute Gasteiger partial charge is 0.325 e. The topological polar surface area (TPSA) is 75.3 Å². The number of hydrogen-bond acceptors (Lipinski definition) is 3. The molecule has 0 aliphatic rings. The molecule has 1 atom stereocenters. The highest BCUT2D eigenvalue weighted by Crippen LogP contribution is 2.29. The van der Waals surface area contributed by atoms with Gasteiger partial charge in [-0.05, 0) is 18.4 Å². The van der Waals surface area contributed by atoms with Crippen molar-refractivity contribution in [3.63, 3.8) is 0 Å². The number of nitrogen functional groups attached to an aromatic ring is 1. The Kier molecular flexibility index (Phi) is 2.87. The van der Waals surface area contributed by atoms with E-state index in [0.29, 0.717) is 11.4 Å². The lowest BCUT2D eigenvalue weighted by Gasteiger charge is -2.15. The molecule has 88 valence electrons. The summed E-state index contributed by atoms with van der Waals surface area (Å²) in [4.78, 5) is 10.8. The third-order valence-corrected chi connectivity index (χ3v) is 2.69. The van der Waals surface area contributed by atoms with Crippen molar-refractivity contribution >= 4 is 28.1 Å². The standard InChI is InChI=1S/C13H14N2O2/c1-8(13(16)17)15-12-10-5-3-2-4-9(10)6-7-11(12)14/h2-8,15H,14H2,1H3,(H,16,17). The number of rotatable bonds is 3. The Morgan fingerprint density at radius 1 is 1.29 bits per heavy atom. The zero-order chi connectivity index (χ0) is 12.4. The van der Waals surface area contributed by atoms with Gasteiger partial charge in [-0.25, -0.2) is 0 Å². The van der Waals surface area contributed by atoms with E-state index in [9.17, 15) is 4.79 Å². The lowest BCUT2D eigenvalue weighted by atomic mass is 10.1. The molecule has 0 aliphatic carbocycles. The van der Waals surface area contributed by atoms with Crippen LogP contribution in [-0.4, -0.2) is 17.1 Å². The van der Waals surface area contributed by atoms with Gasteiger partial charge in [-0.1, -0.05) is 30.3 Å². The van der Waals surface area contributed by atoms with E-state index < -0.39 is 12.0 Å². The van der Waals surface area contributed by atoms with Crippen LogP contribution in [0, 0.1) is 0 Å². The van der Waals surface area contributed by atoms with Crippen LogP contribution in [0.15, 0.2) is 36.4 Å². The van der Waals surface area contributed by atoms with Crippen molar-refractivity contribution in [3.05, 3.63) is 36.4 Å². The van der Waals surface area contributed by atoms with E-state index in [1.54, 1.807) is 13.0 Å². The van der Waals surface area contributed by atoms with Crippen LogP contribution < -0.4 is 11.1 Å². The number of hydrogen-bond donors (Lipinski definition) is 3. The van der Waals surface area contributed by atoms with E-state index in [1.165, 1.54) is 0 Å². The van der Waals surface area contributed by atoms with Gasteiger partial charge in [0.15, 0.2) is 0 Å². The van der Waals surface area contributed by atoms with Gasteiger partial charge in [-0.3, -0.25) is 4.79 Å². The highest BCUT2D eigenvalue weighted by atomic mass is 16.4. The molecule has 0 bridgehead atoms. The molecule has 0 amide bonds. The minimum Gasteiger partial charge on any atom is -0.480 e.